The molecule has 0 spiro atoms. The maximum Gasteiger partial charge on any atom is 0.270 e. The Morgan fingerprint density at radius 1 is 1.16 bits per heavy atom. The standard InChI is InChI=1S/C12H10N6O/c19-11(13-12-14-16-17-15-12)9-3-5-10(6-4-9)18-7-1-2-8-18/h1-8H,(H2,13,14,15,16,17,19). The molecule has 3 rings (SSSR count). The maximum atomic E-state index is 11.9. The number of anilines is 1. The van der Waals surface area contributed by atoms with Crippen molar-refractivity contribution in [3.05, 3.63) is 54.4 Å². The lowest BCUT2D eigenvalue weighted by atomic mass is 10.2. The van der Waals surface area contributed by atoms with Crippen LogP contribution in [0.3, 0.4) is 0 Å². The number of rotatable bonds is 3. The number of hydrogen-bond donors (Lipinski definition) is 2. The van der Waals surface area contributed by atoms with Crippen LogP contribution in [-0.4, -0.2) is 31.1 Å². The molecule has 2 aromatic heterocycles. The van der Waals surface area contributed by atoms with Gasteiger partial charge in [-0.1, -0.05) is 5.10 Å². The first-order valence-electron chi connectivity index (χ1n) is 5.61. The van der Waals surface area contributed by atoms with Gasteiger partial charge in [0.15, 0.2) is 0 Å². The van der Waals surface area contributed by atoms with Crippen LogP contribution in [0.4, 0.5) is 5.95 Å². The second-order valence-corrected chi connectivity index (χ2v) is 3.83. The number of aromatic nitrogens is 5. The molecule has 0 radical (unpaired) electrons. The summed E-state index contributed by atoms with van der Waals surface area (Å²) in [6.07, 6.45) is 3.88. The fourth-order valence-electron chi connectivity index (χ4n) is 1.68. The summed E-state index contributed by atoms with van der Waals surface area (Å²) in [5, 5.41) is 15.5. The molecule has 3 aromatic rings. The topological polar surface area (TPSA) is 88.5 Å². The van der Waals surface area contributed by atoms with E-state index in [-0.39, 0.29) is 11.9 Å². The Bertz CT molecular complexity index is 657. The van der Waals surface area contributed by atoms with Crippen LogP contribution >= 0.6 is 0 Å². The lowest BCUT2D eigenvalue weighted by Crippen LogP contribution is -2.13. The van der Waals surface area contributed by atoms with Crippen molar-refractivity contribution >= 4 is 11.9 Å². The Morgan fingerprint density at radius 2 is 1.89 bits per heavy atom. The third-order valence-electron chi connectivity index (χ3n) is 2.60. The van der Waals surface area contributed by atoms with Gasteiger partial charge in [-0.2, -0.15) is 5.21 Å². The zero-order valence-corrected chi connectivity index (χ0v) is 9.82. The second-order valence-electron chi connectivity index (χ2n) is 3.83. The number of aromatic amines is 1. The molecule has 0 bridgehead atoms. The average molecular weight is 254 g/mol. The number of amides is 1. The van der Waals surface area contributed by atoms with Gasteiger partial charge in [-0.25, -0.2) is 0 Å². The molecule has 94 valence electrons. The Kier molecular flexibility index (Phi) is 2.77. The SMILES string of the molecule is O=C(Nc1nn[nH]n1)c1ccc(-n2cccc2)cc1. The highest BCUT2D eigenvalue weighted by Gasteiger charge is 2.08. The molecule has 0 aliphatic rings. The van der Waals surface area contributed by atoms with Gasteiger partial charge in [0, 0.05) is 23.6 Å². The van der Waals surface area contributed by atoms with Gasteiger partial charge in [0.05, 0.1) is 0 Å². The Labute approximate surface area is 108 Å². The monoisotopic (exact) mass is 254 g/mol. The van der Waals surface area contributed by atoms with Crippen LogP contribution in [0.25, 0.3) is 5.69 Å². The fourth-order valence-corrected chi connectivity index (χ4v) is 1.68. The van der Waals surface area contributed by atoms with E-state index in [2.05, 4.69) is 25.9 Å². The van der Waals surface area contributed by atoms with Gasteiger partial charge < -0.3 is 4.57 Å². The quantitative estimate of drug-likeness (QED) is 0.736. The van der Waals surface area contributed by atoms with Crippen molar-refractivity contribution in [2.75, 3.05) is 5.32 Å². The predicted octanol–water partition coefficient (Wildman–Crippen LogP) is 1.24. The molecule has 0 aliphatic carbocycles. The Balaban J connectivity index is 1.77. The lowest BCUT2D eigenvalue weighted by Gasteiger charge is -2.04. The van der Waals surface area contributed by atoms with Crippen LogP contribution < -0.4 is 5.32 Å². The first-order chi connectivity index (χ1) is 9.33. The number of nitrogens with zero attached hydrogens (tertiary/aromatic N) is 4. The Hall–Kier alpha value is -2.96. The van der Waals surface area contributed by atoms with Crippen molar-refractivity contribution in [1.82, 2.24) is 25.2 Å². The van der Waals surface area contributed by atoms with E-state index in [0.717, 1.165) is 5.69 Å². The molecule has 2 heterocycles. The minimum absolute atomic E-state index is 0.152. The summed E-state index contributed by atoms with van der Waals surface area (Å²) in [4.78, 5) is 11.9. The molecular formula is C12H10N6O. The molecule has 19 heavy (non-hydrogen) atoms. The van der Waals surface area contributed by atoms with E-state index in [0.29, 0.717) is 5.56 Å². The number of carbonyl (C=O) groups is 1. The third-order valence-corrected chi connectivity index (χ3v) is 2.60. The van der Waals surface area contributed by atoms with Gasteiger partial charge in [-0.3, -0.25) is 10.1 Å². The van der Waals surface area contributed by atoms with Crippen LogP contribution in [0.15, 0.2) is 48.8 Å². The fraction of sp³-hybridized carbons (Fsp3) is 0. The van der Waals surface area contributed by atoms with Crippen molar-refractivity contribution < 1.29 is 4.79 Å². The van der Waals surface area contributed by atoms with Crippen LogP contribution in [-0.2, 0) is 0 Å². The van der Waals surface area contributed by atoms with E-state index < -0.39 is 0 Å². The molecule has 7 heteroatoms. The molecule has 0 saturated heterocycles. The molecule has 1 aromatic carbocycles. The molecule has 0 saturated carbocycles. The van der Waals surface area contributed by atoms with E-state index in [1.165, 1.54) is 0 Å². The molecule has 2 N–H and O–H groups in total. The molecular weight excluding hydrogens is 244 g/mol. The maximum absolute atomic E-state index is 11.9. The normalized spacial score (nSPS) is 10.3. The van der Waals surface area contributed by atoms with Crippen molar-refractivity contribution in [3.8, 4) is 5.69 Å². The van der Waals surface area contributed by atoms with Crippen molar-refractivity contribution in [1.29, 1.82) is 0 Å². The zero-order chi connectivity index (χ0) is 13.1. The highest BCUT2D eigenvalue weighted by atomic mass is 16.1. The average Bonchev–Trinajstić information content (AvgIpc) is 3.12. The van der Waals surface area contributed by atoms with Crippen molar-refractivity contribution in [2.45, 2.75) is 0 Å². The van der Waals surface area contributed by atoms with Crippen LogP contribution in [0, 0.1) is 0 Å². The smallest absolute Gasteiger partial charge is 0.270 e. The molecule has 1 amide bonds. The van der Waals surface area contributed by atoms with E-state index in [9.17, 15) is 4.79 Å². The summed E-state index contributed by atoms with van der Waals surface area (Å²) in [7, 11) is 0. The third kappa shape index (κ3) is 2.34. The van der Waals surface area contributed by atoms with E-state index in [4.69, 9.17) is 0 Å². The van der Waals surface area contributed by atoms with Crippen molar-refractivity contribution in [3.63, 3.8) is 0 Å². The van der Waals surface area contributed by atoms with Gasteiger partial charge >= 0.3 is 0 Å². The van der Waals surface area contributed by atoms with E-state index in [1.54, 1.807) is 12.1 Å². The van der Waals surface area contributed by atoms with Crippen LogP contribution in [0.1, 0.15) is 10.4 Å². The number of benzene rings is 1. The summed E-state index contributed by atoms with van der Waals surface area (Å²) < 4.78 is 1.96. The summed E-state index contributed by atoms with van der Waals surface area (Å²) in [5.41, 5.74) is 1.52. The highest BCUT2D eigenvalue weighted by Crippen LogP contribution is 2.10. The van der Waals surface area contributed by atoms with Gasteiger partial charge in [0.1, 0.15) is 0 Å². The number of nitrogens with one attached hydrogen (secondary N) is 2. The largest absolute Gasteiger partial charge is 0.324 e. The predicted molar refractivity (Wildman–Crippen MR) is 67.9 cm³/mol. The number of tetrazole rings is 1. The molecule has 7 nitrogen and oxygen atoms in total. The van der Waals surface area contributed by atoms with Crippen LogP contribution in [0.2, 0.25) is 0 Å². The van der Waals surface area contributed by atoms with Crippen LogP contribution in [0.5, 0.6) is 0 Å². The number of hydrogen-bond acceptors (Lipinski definition) is 4. The number of carbonyl (C=O) groups excluding carboxylic acids is 1. The van der Waals surface area contributed by atoms with Gasteiger partial charge in [0.25, 0.3) is 11.9 Å². The van der Waals surface area contributed by atoms with Gasteiger partial charge in [0.2, 0.25) is 0 Å². The summed E-state index contributed by atoms with van der Waals surface area (Å²) in [6, 6.07) is 11.1. The van der Waals surface area contributed by atoms with Gasteiger partial charge in [-0.15, -0.1) is 5.10 Å². The summed E-state index contributed by atoms with van der Waals surface area (Å²) in [5.74, 6) is -0.125. The lowest BCUT2D eigenvalue weighted by molar-refractivity contribution is 0.102. The number of H-pyrrole nitrogens is 1. The van der Waals surface area contributed by atoms with E-state index >= 15 is 0 Å². The van der Waals surface area contributed by atoms with E-state index in [1.807, 2.05) is 41.2 Å². The molecule has 0 atom stereocenters. The second kappa shape index (κ2) is 4.73. The summed E-state index contributed by atoms with van der Waals surface area (Å²) >= 11 is 0. The highest BCUT2D eigenvalue weighted by molar-refractivity contribution is 6.03. The van der Waals surface area contributed by atoms with Crippen molar-refractivity contribution in [2.24, 2.45) is 0 Å². The molecule has 0 fully saturated rings. The minimum atomic E-state index is -0.277. The Morgan fingerprint density at radius 3 is 2.53 bits per heavy atom. The molecule has 0 aliphatic heterocycles. The van der Waals surface area contributed by atoms with Gasteiger partial charge in [-0.05, 0) is 41.6 Å². The summed E-state index contributed by atoms with van der Waals surface area (Å²) in [6.45, 7) is 0. The molecule has 0 unspecified atom stereocenters. The zero-order valence-electron chi connectivity index (χ0n) is 9.82. The minimum Gasteiger partial charge on any atom is -0.324 e. The first kappa shape index (κ1) is 11.1. The first-order valence-corrected chi connectivity index (χ1v) is 5.61.